The molecule has 0 atom stereocenters. The van der Waals surface area contributed by atoms with Gasteiger partial charge in [-0.3, -0.25) is 9.59 Å². The van der Waals surface area contributed by atoms with E-state index in [0.29, 0.717) is 39.1 Å². The minimum atomic E-state index is 0.668. The number of rotatable bonds is 15. The van der Waals surface area contributed by atoms with E-state index in [1.807, 2.05) is 0 Å². The van der Waals surface area contributed by atoms with E-state index < -0.39 is 0 Å². The number of unbranched alkanes of at least 4 members (excludes halogenated alkanes) is 1. The highest BCUT2D eigenvalue weighted by Gasteiger charge is 1.92. The molecule has 0 aliphatic carbocycles. The van der Waals surface area contributed by atoms with Gasteiger partial charge in [-0.05, 0) is 25.7 Å². The molecule has 106 valence electrons. The Morgan fingerprint density at radius 3 is 1.44 bits per heavy atom. The van der Waals surface area contributed by atoms with Crippen molar-refractivity contribution in [3.05, 3.63) is 0 Å². The van der Waals surface area contributed by atoms with Crippen molar-refractivity contribution in [1.82, 2.24) is 10.6 Å². The molecule has 2 N–H and O–H groups in total. The number of hydrogen-bond donors (Lipinski definition) is 2. The molecule has 6 nitrogen and oxygen atoms in total. The second kappa shape index (κ2) is 15.9. The van der Waals surface area contributed by atoms with Gasteiger partial charge in [-0.25, -0.2) is 0 Å². The Bertz CT molecular complexity index is 171. The summed E-state index contributed by atoms with van der Waals surface area (Å²) in [5.41, 5.74) is 0. The Morgan fingerprint density at radius 2 is 1.06 bits per heavy atom. The number of amides is 2. The average Bonchev–Trinajstić information content (AvgIpc) is 2.39. The van der Waals surface area contributed by atoms with Crippen molar-refractivity contribution in [2.24, 2.45) is 0 Å². The predicted molar refractivity (Wildman–Crippen MR) is 68.2 cm³/mol. The first-order chi connectivity index (χ1) is 8.91. The van der Waals surface area contributed by atoms with E-state index in [9.17, 15) is 9.59 Å². The summed E-state index contributed by atoms with van der Waals surface area (Å²) in [5, 5.41) is 5.16. The van der Waals surface area contributed by atoms with Crippen molar-refractivity contribution in [3.8, 4) is 0 Å². The third-order valence-corrected chi connectivity index (χ3v) is 2.21. The maximum atomic E-state index is 9.94. The molecule has 6 heteroatoms. The van der Waals surface area contributed by atoms with Crippen LogP contribution in [0.2, 0.25) is 0 Å². The van der Waals surface area contributed by atoms with Gasteiger partial charge < -0.3 is 20.1 Å². The van der Waals surface area contributed by atoms with Gasteiger partial charge >= 0.3 is 0 Å². The van der Waals surface area contributed by atoms with Crippen LogP contribution in [0.3, 0.4) is 0 Å². The van der Waals surface area contributed by atoms with Crippen LogP contribution in [0.25, 0.3) is 0 Å². The molecular formula is C12H24N2O4. The highest BCUT2D eigenvalue weighted by molar-refractivity contribution is 5.45. The maximum Gasteiger partial charge on any atom is 0.207 e. The molecule has 0 spiro atoms. The molecule has 2 amide bonds. The Kier molecular flexibility index (Phi) is 14.9. The summed E-state index contributed by atoms with van der Waals surface area (Å²) >= 11 is 0. The first-order valence-corrected chi connectivity index (χ1v) is 6.41. The second-order valence-electron chi connectivity index (χ2n) is 3.78. The van der Waals surface area contributed by atoms with Crippen LogP contribution in [0.15, 0.2) is 0 Å². The van der Waals surface area contributed by atoms with Crippen LogP contribution in [-0.2, 0) is 19.1 Å². The third-order valence-electron chi connectivity index (χ3n) is 2.21. The average molecular weight is 260 g/mol. The number of ether oxygens (including phenoxy) is 2. The third kappa shape index (κ3) is 14.9. The van der Waals surface area contributed by atoms with E-state index >= 15 is 0 Å². The quantitative estimate of drug-likeness (QED) is 0.323. The molecule has 0 aliphatic rings. The maximum absolute atomic E-state index is 9.94. The number of hydrogen-bond acceptors (Lipinski definition) is 4. The molecule has 0 bridgehead atoms. The lowest BCUT2D eigenvalue weighted by atomic mass is 10.3. The van der Waals surface area contributed by atoms with E-state index in [2.05, 4.69) is 10.6 Å². The fourth-order valence-corrected chi connectivity index (χ4v) is 1.28. The highest BCUT2D eigenvalue weighted by Crippen LogP contribution is 1.93. The molecule has 18 heavy (non-hydrogen) atoms. The Balaban J connectivity index is 2.90. The van der Waals surface area contributed by atoms with Gasteiger partial charge in [0.1, 0.15) is 0 Å². The van der Waals surface area contributed by atoms with Gasteiger partial charge in [-0.2, -0.15) is 0 Å². The van der Waals surface area contributed by atoms with Crippen molar-refractivity contribution in [2.75, 3.05) is 39.5 Å². The van der Waals surface area contributed by atoms with Crippen molar-refractivity contribution in [2.45, 2.75) is 25.7 Å². The molecule has 0 saturated heterocycles. The van der Waals surface area contributed by atoms with Crippen LogP contribution in [0.4, 0.5) is 0 Å². The van der Waals surface area contributed by atoms with Crippen molar-refractivity contribution in [3.63, 3.8) is 0 Å². The van der Waals surface area contributed by atoms with Gasteiger partial charge in [0, 0.05) is 39.5 Å². The summed E-state index contributed by atoms with van der Waals surface area (Å²) in [6.45, 7) is 4.16. The molecule has 0 heterocycles. The largest absolute Gasteiger partial charge is 0.381 e. The summed E-state index contributed by atoms with van der Waals surface area (Å²) in [6, 6.07) is 0. The number of carbonyl (C=O) groups excluding carboxylic acids is 2. The van der Waals surface area contributed by atoms with Gasteiger partial charge in [-0.1, -0.05) is 0 Å². The van der Waals surface area contributed by atoms with Crippen LogP contribution >= 0.6 is 0 Å². The summed E-state index contributed by atoms with van der Waals surface area (Å²) in [5.74, 6) is 0. The molecule has 0 fully saturated rings. The first-order valence-electron chi connectivity index (χ1n) is 6.41. The summed E-state index contributed by atoms with van der Waals surface area (Å²) in [4.78, 5) is 19.9. The lowest BCUT2D eigenvalue weighted by Crippen LogP contribution is -2.14. The zero-order chi connectivity index (χ0) is 13.3. The molecule has 0 unspecified atom stereocenters. The molecular weight excluding hydrogens is 236 g/mol. The summed E-state index contributed by atoms with van der Waals surface area (Å²) < 4.78 is 10.8. The number of carbonyl (C=O) groups is 2. The van der Waals surface area contributed by atoms with Gasteiger partial charge in [0.05, 0.1) is 0 Å². The standard InChI is InChI=1S/C12H24N2O4/c15-11-13-5-3-9-17-7-1-2-8-18-10-4-6-14-12-16/h11-12H,1-10H2,(H,13,15)(H,14,16). The Hall–Kier alpha value is -1.14. The number of nitrogens with one attached hydrogen (secondary N) is 2. The zero-order valence-corrected chi connectivity index (χ0v) is 10.9. The van der Waals surface area contributed by atoms with Gasteiger partial charge in [0.2, 0.25) is 12.8 Å². The smallest absolute Gasteiger partial charge is 0.207 e. The van der Waals surface area contributed by atoms with Crippen molar-refractivity contribution >= 4 is 12.8 Å². The Labute approximate surface area is 108 Å². The molecule has 0 aliphatic heterocycles. The zero-order valence-electron chi connectivity index (χ0n) is 10.9. The minimum Gasteiger partial charge on any atom is -0.381 e. The first kappa shape index (κ1) is 16.9. The monoisotopic (exact) mass is 260 g/mol. The minimum absolute atomic E-state index is 0.668. The normalized spacial score (nSPS) is 10.0. The topological polar surface area (TPSA) is 76.7 Å². The van der Waals surface area contributed by atoms with Crippen LogP contribution in [0, 0.1) is 0 Å². The lowest BCUT2D eigenvalue weighted by Gasteiger charge is -2.05. The van der Waals surface area contributed by atoms with E-state index in [0.717, 1.165) is 38.9 Å². The van der Waals surface area contributed by atoms with Crippen LogP contribution in [-0.4, -0.2) is 52.3 Å². The molecule has 0 rings (SSSR count). The SMILES string of the molecule is O=CNCCCOCCCCOCCCNC=O. The molecule has 0 aromatic heterocycles. The molecule has 0 saturated carbocycles. The van der Waals surface area contributed by atoms with Gasteiger partial charge in [0.25, 0.3) is 0 Å². The molecule has 0 radical (unpaired) electrons. The second-order valence-corrected chi connectivity index (χ2v) is 3.78. The van der Waals surface area contributed by atoms with Crippen LogP contribution in [0.5, 0.6) is 0 Å². The Morgan fingerprint density at radius 1 is 0.667 bits per heavy atom. The fourth-order valence-electron chi connectivity index (χ4n) is 1.28. The molecule has 0 aromatic rings. The fraction of sp³-hybridized carbons (Fsp3) is 0.833. The summed E-state index contributed by atoms with van der Waals surface area (Å²) in [6.07, 6.45) is 5.04. The summed E-state index contributed by atoms with van der Waals surface area (Å²) in [7, 11) is 0. The van der Waals surface area contributed by atoms with E-state index in [4.69, 9.17) is 9.47 Å². The molecule has 0 aromatic carbocycles. The van der Waals surface area contributed by atoms with Crippen LogP contribution in [0.1, 0.15) is 25.7 Å². The van der Waals surface area contributed by atoms with E-state index in [-0.39, 0.29) is 0 Å². The highest BCUT2D eigenvalue weighted by atomic mass is 16.5. The van der Waals surface area contributed by atoms with Crippen molar-refractivity contribution < 1.29 is 19.1 Å². The lowest BCUT2D eigenvalue weighted by molar-refractivity contribution is -0.110. The predicted octanol–water partition coefficient (Wildman–Crippen LogP) is 0.0720. The van der Waals surface area contributed by atoms with Crippen LogP contribution < -0.4 is 10.6 Å². The van der Waals surface area contributed by atoms with Crippen molar-refractivity contribution in [1.29, 1.82) is 0 Å². The van der Waals surface area contributed by atoms with E-state index in [1.54, 1.807) is 0 Å². The van der Waals surface area contributed by atoms with Gasteiger partial charge in [0.15, 0.2) is 0 Å². The van der Waals surface area contributed by atoms with Gasteiger partial charge in [-0.15, -0.1) is 0 Å². The van der Waals surface area contributed by atoms with E-state index in [1.165, 1.54) is 0 Å².